The van der Waals surface area contributed by atoms with Crippen LogP contribution in [-0.4, -0.2) is 36.2 Å². The van der Waals surface area contributed by atoms with Gasteiger partial charge in [0.05, 0.1) is 12.3 Å². The number of nitrogens with zero attached hydrogens (tertiary/aromatic N) is 1. The van der Waals surface area contributed by atoms with Gasteiger partial charge in [-0.2, -0.15) is 0 Å². The summed E-state index contributed by atoms with van der Waals surface area (Å²) in [6.45, 7) is 9.47. The Morgan fingerprint density at radius 1 is 1.18 bits per heavy atom. The van der Waals surface area contributed by atoms with E-state index in [0.29, 0.717) is 13.2 Å². The summed E-state index contributed by atoms with van der Waals surface area (Å²) < 4.78 is 5.51. The van der Waals surface area contributed by atoms with E-state index >= 15 is 0 Å². The normalized spacial score (nSPS) is 12.9. The van der Waals surface area contributed by atoms with Crippen molar-refractivity contribution in [2.45, 2.75) is 59.0 Å². The van der Waals surface area contributed by atoms with Crippen molar-refractivity contribution in [3.05, 3.63) is 0 Å². The average Bonchev–Trinajstić information content (AvgIpc) is 2.26. The smallest absolute Gasteiger partial charge is 0.129 e. The van der Waals surface area contributed by atoms with Crippen molar-refractivity contribution in [3.8, 4) is 0 Å². The number of aliphatic hydroxyl groups is 1. The Morgan fingerprint density at radius 3 is 2.41 bits per heavy atom. The number of ether oxygens (including phenoxy) is 1. The molecule has 0 aliphatic rings. The van der Waals surface area contributed by atoms with Crippen LogP contribution in [0.3, 0.4) is 0 Å². The summed E-state index contributed by atoms with van der Waals surface area (Å²) in [6, 6.07) is 0. The third kappa shape index (κ3) is 11.6. The molecular formula is C13H27NO3. The maximum absolute atomic E-state index is 8.62. The SMILES string of the molecule is CC/C(COCCCCCO)=N\OC(C)(C)C. The van der Waals surface area contributed by atoms with Crippen LogP contribution in [0.5, 0.6) is 0 Å². The van der Waals surface area contributed by atoms with Crippen molar-refractivity contribution in [2.75, 3.05) is 19.8 Å². The Hall–Kier alpha value is -0.610. The van der Waals surface area contributed by atoms with E-state index < -0.39 is 0 Å². The third-order valence-corrected chi connectivity index (χ3v) is 2.07. The van der Waals surface area contributed by atoms with E-state index in [2.05, 4.69) is 5.16 Å². The molecule has 0 radical (unpaired) electrons. The van der Waals surface area contributed by atoms with Crippen LogP contribution >= 0.6 is 0 Å². The molecule has 0 heterocycles. The van der Waals surface area contributed by atoms with Crippen molar-refractivity contribution in [1.82, 2.24) is 0 Å². The maximum atomic E-state index is 8.62. The molecule has 0 bridgehead atoms. The zero-order valence-corrected chi connectivity index (χ0v) is 11.7. The predicted octanol–water partition coefficient (Wildman–Crippen LogP) is 2.75. The molecule has 4 heteroatoms. The van der Waals surface area contributed by atoms with Crippen LogP contribution in [0.2, 0.25) is 0 Å². The van der Waals surface area contributed by atoms with E-state index in [1.165, 1.54) is 0 Å². The zero-order valence-electron chi connectivity index (χ0n) is 11.7. The van der Waals surface area contributed by atoms with E-state index in [1.807, 2.05) is 27.7 Å². The monoisotopic (exact) mass is 245 g/mol. The fraction of sp³-hybridized carbons (Fsp3) is 0.923. The van der Waals surface area contributed by atoms with E-state index in [0.717, 1.165) is 31.4 Å². The summed E-state index contributed by atoms with van der Waals surface area (Å²) in [4.78, 5) is 5.35. The lowest BCUT2D eigenvalue weighted by atomic mass is 10.2. The van der Waals surface area contributed by atoms with E-state index in [4.69, 9.17) is 14.7 Å². The van der Waals surface area contributed by atoms with Gasteiger partial charge in [-0.25, -0.2) is 0 Å². The first-order chi connectivity index (χ1) is 7.99. The van der Waals surface area contributed by atoms with Gasteiger partial charge in [0, 0.05) is 13.2 Å². The van der Waals surface area contributed by atoms with E-state index in [9.17, 15) is 0 Å². The fourth-order valence-corrected chi connectivity index (χ4v) is 1.08. The summed E-state index contributed by atoms with van der Waals surface area (Å²) in [5.74, 6) is 0. The highest BCUT2D eigenvalue weighted by molar-refractivity contribution is 5.84. The number of unbranched alkanes of at least 4 members (excludes halogenated alkanes) is 2. The van der Waals surface area contributed by atoms with E-state index in [-0.39, 0.29) is 12.2 Å². The molecule has 0 saturated carbocycles. The lowest BCUT2D eigenvalue weighted by Gasteiger charge is -2.16. The second kappa shape index (κ2) is 9.42. The summed E-state index contributed by atoms with van der Waals surface area (Å²) in [6.07, 6.45) is 3.68. The molecule has 0 aromatic rings. The minimum atomic E-state index is -0.248. The molecule has 0 amide bonds. The lowest BCUT2D eigenvalue weighted by molar-refractivity contribution is -0.000917. The van der Waals surface area contributed by atoms with Gasteiger partial charge in [0.15, 0.2) is 0 Å². The molecule has 0 saturated heterocycles. The van der Waals surface area contributed by atoms with Gasteiger partial charge < -0.3 is 14.7 Å². The molecule has 0 aliphatic heterocycles. The number of rotatable bonds is 9. The highest BCUT2D eigenvalue weighted by Crippen LogP contribution is 2.07. The first kappa shape index (κ1) is 16.4. The van der Waals surface area contributed by atoms with Gasteiger partial charge in [0.2, 0.25) is 0 Å². The van der Waals surface area contributed by atoms with Crippen molar-refractivity contribution >= 4 is 5.71 Å². The van der Waals surface area contributed by atoms with Crippen molar-refractivity contribution in [3.63, 3.8) is 0 Å². The molecule has 102 valence electrons. The Labute approximate surface area is 105 Å². The molecule has 0 spiro atoms. The Balaban J connectivity index is 3.68. The van der Waals surface area contributed by atoms with Gasteiger partial charge in [0.25, 0.3) is 0 Å². The molecule has 0 fully saturated rings. The minimum absolute atomic E-state index is 0.248. The molecule has 0 atom stereocenters. The van der Waals surface area contributed by atoms with Crippen LogP contribution in [0.15, 0.2) is 5.16 Å². The highest BCUT2D eigenvalue weighted by atomic mass is 16.6. The lowest BCUT2D eigenvalue weighted by Crippen LogP contribution is -2.18. The second-order valence-corrected chi connectivity index (χ2v) is 5.05. The zero-order chi connectivity index (χ0) is 13.1. The van der Waals surface area contributed by atoms with Gasteiger partial charge in [-0.1, -0.05) is 12.1 Å². The summed E-state index contributed by atoms with van der Waals surface area (Å²) in [7, 11) is 0. The Kier molecular flexibility index (Phi) is 9.09. The molecule has 0 aromatic carbocycles. The molecule has 0 aliphatic carbocycles. The average molecular weight is 245 g/mol. The van der Waals surface area contributed by atoms with Gasteiger partial charge in [-0.3, -0.25) is 0 Å². The van der Waals surface area contributed by atoms with Gasteiger partial charge in [0.1, 0.15) is 5.60 Å². The molecule has 1 N–H and O–H groups in total. The first-order valence-corrected chi connectivity index (χ1v) is 6.42. The number of aliphatic hydroxyl groups excluding tert-OH is 1. The Morgan fingerprint density at radius 2 is 1.88 bits per heavy atom. The standard InChI is InChI=1S/C13H27NO3/c1-5-12(14-17-13(2,3)4)11-16-10-8-6-7-9-15/h15H,5-11H2,1-4H3/b14-12+. The minimum Gasteiger partial charge on any atom is -0.396 e. The topological polar surface area (TPSA) is 51.0 Å². The van der Waals surface area contributed by atoms with Crippen LogP contribution in [-0.2, 0) is 9.57 Å². The van der Waals surface area contributed by atoms with Crippen LogP contribution in [0.1, 0.15) is 53.4 Å². The highest BCUT2D eigenvalue weighted by Gasteiger charge is 2.10. The largest absolute Gasteiger partial charge is 0.396 e. The fourth-order valence-electron chi connectivity index (χ4n) is 1.08. The number of oxime groups is 1. The molecule has 0 unspecified atom stereocenters. The van der Waals surface area contributed by atoms with E-state index in [1.54, 1.807) is 0 Å². The summed E-state index contributed by atoms with van der Waals surface area (Å²) >= 11 is 0. The summed E-state index contributed by atoms with van der Waals surface area (Å²) in [5.41, 5.74) is 0.684. The van der Waals surface area contributed by atoms with Gasteiger partial charge in [-0.05, 0) is 46.5 Å². The Bertz CT molecular complexity index is 209. The van der Waals surface area contributed by atoms with Crippen LogP contribution in [0, 0.1) is 0 Å². The second-order valence-electron chi connectivity index (χ2n) is 5.05. The summed E-state index contributed by atoms with van der Waals surface area (Å²) in [5, 5.41) is 12.7. The molecular weight excluding hydrogens is 218 g/mol. The third-order valence-electron chi connectivity index (χ3n) is 2.07. The number of hydrogen-bond donors (Lipinski definition) is 1. The quantitative estimate of drug-likeness (QED) is 0.386. The first-order valence-electron chi connectivity index (χ1n) is 6.42. The molecule has 0 rings (SSSR count). The maximum Gasteiger partial charge on any atom is 0.129 e. The molecule has 17 heavy (non-hydrogen) atoms. The van der Waals surface area contributed by atoms with Gasteiger partial charge >= 0.3 is 0 Å². The molecule has 4 nitrogen and oxygen atoms in total. The van der Waals surface area contributed by atoms with Crippen LogP contribution in [0.25, 0.3) is 0 Å². The van der Waals surface area contributed by atoms with Crippen molar-refractivity contribution < 1.29 is 14.7 Å². The van der Waals surface area contributed by atoms with Gasteiger partial charge in [-0.15, -0.1) is 0 Å². The predicted molar refractivity (Wildman–Crippen MR) is 70.3 cm³/mol. The van der Waals surface area contributed by atoms with Crippen molar-refractivity contribution in [1.29, 1.82) is 0 Å². The van der Waals surface area contributed by atoms with Crippen molar-refractivity contribution in [2.24, 2.45) is 5.16 Å². The number of hydrogen-bond acceptors (Lipinski definition) is 4. The van der Waals surface area contributed by atoms with Crippen LogP contribution < -0.4 is 0 Å². The molecule has 0 aromatic heterocycles. The van der Waals surface area contributed by atoms with Crippen LogP contribution in [0.4, 0.5) is 0 Å².